The molecule has 176 valence electrons. The lowest BCUT2D eigenvalue weighted by Crippen LogP contribution is -2.18. The number of aromatic nitrogens is 4. The Bertz CT molecular complexity index is 1270. The van der Waals surface area contributed by atoms with E-state index in [9.17, 15) is 0 Å². The molecule has 1 N–H and O–H groups in total. The van der Waals surface area contributed by atoms with Crippen molar-refractivity contribution < 1.29 is 4.74 Å². The predicted molar refractivity (Wildman–Crippen MR) is 139 cm³/mol. The number of rotatable bonds is 8. The highest BCUT2D eigenvalue weighted by Gasteiger charge is 2.23. The highest BCUT2D eigenvalue weighted by atomic mass is 35.5. The summed E-state index contributed by atoms with van der Waals surface area (Å²) in [4.78, 5) is 4.57. The fourth-order valence-electron chi connectivity index (χ4n) is 4.53. The topological polar surface area (TPSA) is 64.9 Å². The van der Waals surface area contributed by atoms with Gasteiger partial charge in [0.05, 0.1) is 19.2 Å². The van der Waals surface area contributed by atoms with Gasteiger partial charge in [-0.1, -0.05) is 66.9 Å². The van der Waals surface area contributed by atoms with Gasteiger partial charge in [0, 0.05) is 34.5 Å². The van der Waals surface area contributed by atoms with Crippen molar-refractivity contribution in [1.29, 1.82) is 0 Å². The molecule has 34 heavy (non-hydrogen) atoms. The van der Waals surface area contributed by atoms with Crippen molar-refractivity contribution in [2.75, 3.05) is 12.4 Å². The lowest BCUT2D eigenvalue weighted by Gasteiger charge is -2.25. The molecule has 1 saturated carbocycles. The first-order valence-electron chi connectivity index (χ1n) is 11.7. The molecule has 2 heterocycles. The van der Waals surface area contributed by atoms with Crippen LogP contribution in [-0.2, 0) is 12.3 Å². The molecule has 4 aromatic rings. The summed E-state index contributed by atoms with van der Waals surface area (Å²) in [5, 5.41) is 15.3. The summed E-state index contributed by atoms with van der Waals surface area (Å²) >= 11 is 8.20. The highest BCUT2D eigenvalue weighted by molar-refractivity contribution is 7.98. The number of hydrogen-bond donors (Lipinski definition) is 1. The molecule has 1 aliphatic rings. The van der Waals surface area contributed by atoms with Crippen LogP contribution in [0, 0.1) is 0 Å². The molecule has 1 aliphatic carbocycles. The van der Waals surface area contributed by atoms with Crippen LogP contribution in [0.15, 0.2) is 59.8 Å². The number of thioether (sulfide) groups is 1. The van der Waals surface area contributed by atoms with E-state index in [1.165, 1.54) is 19.3 Å². The van der Waals surface area contributed by atoms with E-state index in [-0.39, 0.29) is 0 Å². The van der Waals surface area contributed by atoms with Gasteiger partial charge >= 0.3 is 0 Å². The van der Waals surface area contributed by atoms with Gasteiger partial charge in [-0.05, 0) is 37.1 Å². The number of halogens is 1. The normalized spacial score (nSPS) is 14.4. The third-order valence-corrected chi connectivity index (χ3v) is 7.62. The summed E-state index contributed by atoms with van der Waals surface area (Å²) in [6.07, 6.45) is 6.12. The maximum absolute atomic E-state index is 6.52. The highest BCUT2D eigenvalue weighted by Crippen LogP contribution is 2.35. The van der Waals surface area contributed by atoms with Crippen molar-refractivity contribution >= 4 is 40.0 Å². The van der Waals surface area contributed by atoms with Gasteiger partial charge in [0.1, 0.15) is 10.9 Å². The van der Waals surface area contributed by atoms with Crippen molar-refractivity contribution in [3.63, 3.8) is 0 Å². The van der Waals surface area contributed by atoms with Crippen LogP contribution in [0.5, 0.6) is 5.75 Å². The van der Waals surface area contributed by atoms with Gasteiger partial charge in [0.2, 0.25) is 0 Å². The van der Waals surface area contributed by atoms with Crippen molar-refractivity contribution in [3.8, 4) is 5.75 Å². The first-order chi connectivity index (χ1) is 16.7. The molecule has 2 aromatic carbocycles. The second kappa shape index (κ2) is 10.7. The summed E-state index contributed by atoms with van der Waals surface area (Å²) in [5.74, 6) is 2.49. The van der Waals surface area contributed by atoms with E-state index in [2.05, 4.69) is 37.2 Å². The number of methoxy groups -OCH3 is 1. The van der Waals surface area contributed by atoms with Crippen LogP contribution in [-0.4, -0.2) is 26.9 Å². The van der Waals surface area contributed by atoms with Gasteiger partial charge < -0.3 is 14.6 Å². The van der Waals surface area contributed by atoms with Gasteiger partial charge in [-0.2, -0.15) is 0 Å². The molecule has 5 rings (SSSR count). The Morgan fingerprint density at radius 3 is 2.76 bits per heavy atom. The van der Waals surface area contributed by atoms with Crippen LogP contribution in [0.2, 0.25) is 5.15 Å². The zero-order valence-electron chi connectivity index (χ0n) is 19.2. The molecule has 6 nitrogen and oxygen atoms in total. The minimum atomic E-state index is 0.429. The third kappa shape index (κ3) is 5.15. The molecular formula is C26H28ClN5OS. The molecule has 0 spiro atoms. The number of hydrogen-bond acceptors (Lipinski definition) is 6. The van der Waals surface area contributed by atoms with E-state index >= 15 is 0 Å². The minimum Gasteiger partial charge on any atom is -0.497 e. The lowest BCUT2D eigenvalue weighted by atomic mass is 9.95. The van der Waals surface area contributed by atoms with Crippen LogP contribution >= 0.6 is 23.4 Å². The number of ether oxygens (including phenoxy) is 1. The number of nitrogens with one attached hydrogen (secondary N) is 1. The van der Waals surface area contributed by atoms with Gasteiger partial charge in [-0.15, -0.1) is 10.2 Å². The Labute approximate surface area is 209 Å². The Morgan fingerprint density at radius 1 is 1.06 bits per heavy atom. The van der Waals surface area contributed by atoms with Crippen molar-refractivity contribution in [2.24, 2.45) is 0 Å². The van der Waals surface area contributed by atoms with Gasteiger partial charge in [0.15, 0.2) is 11.0 Å². The second-order valence-electron chi connectivity index (χ2n) is 8.57. The quantitative estimate of drug-likeness (QED) is 0.213. The van der Waals surface area contributed by atoms with Crippen LogP contribution in [0.25, 0.3) is 10.9 Å². The molecule has 1 fully saturated rings. The Hall–Kier alpha value is -2.77. The average molecular weight is 494 g/mol. The van der Waals surface area contributed by atoms with E-state index < -0.39 is 0 Å². The van der Waals surface area contributed by atoms with Crippen molar-refractivity contribution in [2.45, 2.75) is 55.6 Å². The maximum Gasteiger partial charge on any atom is 0.191 e. The minimum absolute atomic E-state index is 0.429. The largest absolute Gasteiger partial charge is 0.497 e. The number of anilines is 1. The fourth-order valence-corrected chi connectivity index (χ4v) is 5.81. The number of benzene rings is 2. The molecule has 0 bridgehead atoms. The molecule has 2 aromatic heterocycles. The average Bonchev–Trinajstić information content (AvgIpc) is 3.29. The molecule has 0 saturated heterocycles. The van der Waals surface area contributed by atoms with Gasteiger partial charge in [-0.25, -0.2) is 4.98 Å². The Balaban J connectivity index is 1.37. The summed E-state index contributed by atoms with van der Waals surface area (Å²) in [6.45, 7) is 0.607. The van der Waals surface area contributed by atoms with Crippen LogP contribution < -0.4 is 10.1 Å². The third-order valence-electron chi connectivity index (χ3n) is 6.30. The number of nitrogens with zero attached hydrogens (tertiary/aromatic N) is 4. The van der Waals surface area contributed by atoms with Crippen molar-refractivity contribution in [3.05, 3.63) is 71.1 Å². The van der Waals surface area contributed by atoms with Crippen LogP contribution in [0.3, 0.4) is 0 Å². The molecule has 0 unspecified atom stereocenters. The van der Waals surface area contributed by atoms with E-state index in [0.29, 0.717) is 23.5 Å². The molecule has 0 amide bonds. The summed E-state index contributed by atoms with van der Waals surface area (Å²) < 4.78 is 7.69. The van der Waals surface area contributed by atoms with E-state index in [0.717, 1.165) is 51.7 Å². The standard InChI is InChI=1S/C26H28ClN5OS/c1-33-22-12-7-9-20(15-22)28-16-24-30-31-26(32(24)21-10-3-2-4-11-21)34-17-19-14-18-8-5-6-13-23(18)29-25(19)27/h5-9,12-15,21,28H,2-4,10-11,16-17H2,1H3. The smallest absolute Gasteiger partial charge is 0.191 e. The van der Waals surface area contributed by atoms with Crippen LogP contribution in [0.4, 0.5) is 5.69 Å². The number of para-hydroxylation sites is 1. The Kier molecular flexibility index (Phi) is 7.21. The first kappa shape index (κ1) is 23.0. The summed E-state index contributed by atoms with van der Waals surface area (Å²) in [6, 6.07) is 18.6. The van der Waals surface area contributed by atoms with Gasteiger partial charge in [0.25, 0.3) is 0 Å². The van der Waals surface area contributed by atoms with Gasteiger partial charge in [-0.3, -0.25) is 0 Å². The predicted octanol–water partition coefficient (Wildman–Crippen LogP) is 6.90. The van der Waals surface area contributed by atoms with E-state index in [1.807, 2.05) is 42.5 Å². The zero-order valence-corrected chi connectivity index (χ0v) is 20.8. The van der Waals surface area contributed by atoms with E-state index in [1.54, 1.807) is 18.9 Å². The Morgan fingerprint density at radius 2 is 1.91 bits per heavy atom. The number of fused-ring (bicyclic) bond motifs is 1. The summed E-state index contributed by atoms with van der Waals surface area (Å²) in [5.41, 5.74) is 2.93. The maximum atomic E-state index is 6.52. The fraction of sp³-hybridized carbons (Fsp3) is 0.346. The van der Waals surface area contributed by atoms with Crippen molar-refractivity contribution in [1.82, 2.24) is 19.7 Å². The molecule has 0 aliphatic heterocycles. The summed E-state index contributed by atoms with van der Waals surface area (Å²) in [7, 11) is 1.68. The SMILES string of the molecule is COc1cccc(NCc2nnc(SCc3cc4ccccc4nc3Cl)n2C2CCCCC2)c1. The second-order valence-corrected chi connectivity index (χ2v) is 9.87. The monoisotopic (exact) mass is 493 g/mol. The molecular weight excluding hydrogens is 466 g/mol. The number of pyridine rings is 1. The zero-order chi connectivity index (χ0) is 23.3. The molecule has 0 atom stereocenters. The molecule has 8 heteroatoms. The lowest BCUT2D eigenvalue weighted by molar-refractivity contribution is 0.330. The van der Waals surface area contributed by atoms with E-state index in [4.69, 9.17) is 16.3 Å². The van der Waals surface area contributed by atoms with Crippen LogP contribution in [0.1, 0.15) is 49.5 Å². The first-order valence-corrected chi connectivity index (χ1v) is 13.1. The molecule has 0 radical (unpaired) electrons.